The Morgan fingerprint density at radius 2 is 2.06 bits per heavy atom. The van der Waals surface area contributed by atoms with Gasteiger partial charge in [0, 0.05) is 6.54 Å². The molecule has 0 atom stereocenters. The Morgan fingerprint density at radius 3 is 2.62 bits per heavy atom. The van der Waals surface area contributed by atoms with Crippen molar-refractivity contribution in [1.29, 1.82) is 0 Å². The molecule has 0 aliphatic rings. The maximum atomic E-state index is 11.2. The number of hydrogen-bond donors (Lipinski definition) is 2. The van der Waals surface area contributed by atoms with Gasteiger partial charge in [-0.05, 0) is 18.6 Å². The molecule has 0 fully saturated rings. The molecule has 2 amide bonds. The van der Waals surface area contributed by atoms with Crippen LogP contribution in [0.15, 0.2) is 36.0 Å². The molecule has 0 unspecified atom stereocenters. The van der Waals surface area contributed by atoms with E-state index < -0.39 is 6.03 Å². The normalized spacial score (nSPS) is 10.7. The van der Waals surface area contributed by atoms with Crippen LogP contribution in [0.3, 0.4) is 0 Å². The molecule has 0 aromatic heterocycles. The van der Waals surface area contributed by atoms with Gasteiger partial charge in [0.2, 0.25) is 0 Å². The van der Waals surface area contributed by atoms with Gasteiger partial charge in [0.1, 0.15) is 0 Å². The molecule has 0 aliphatic carbocycles. The first-order valence-electron chi connectivity index (χ1n) is 4.96. The number of benzene rings is 1. The zero-order valence-corrected chi connectivity index (χ0v) is 8.99. The van der Waals surface area contributed by atoms with Gasteiger partial charge in [-0.25, -0.2) is 4.79 Å². The number of carbonyl (C=O) groups excluding carboxylic acids is 2. The fraction of sp³-hybridized carbons (Fsp3) is 0.167. The molecule has 0 bridgehead atoms. The Hall–Kier alpha value is -2.10. The van der Waals surface area contributed by atoms with Crippen LogP contribution in [0, 0.1) is 0 Å². The van der Waals surface area contributed by atoms with Crippen LogP contribution < -0.4 is 10.6 Å². The minimum atomic E-state index is -0.409. The lowest BCUT2D eigenvalue weighted by molar-refractivity contribution is 0.244. The van der Waals surface area contributed by atoms with E-state index in [0.717, 1.165) is 5.56 Å². The molecule has 0 saturated heterocycles. The SMILES string of the molecule is CCNC(=O)NC([C]=O)=Cc1ccccc1. The number of hydrogen-bond acceptors (Lipinski definition) is 2. The van der Waals surface area contributed by atoms with Crippen LogP contribution in [0.25, 0.3) is 6.08 Å². The molecule has 1 radical (unpaired) electrons. The minimum absolute atomic E-state index is 0.108. The van der Waals surface area contributed by atoms with Crippen molar-refractivity contribution in [3.05, 3.63) is 41.6 Å². The van der Waals surface area contributed by atoms with Crippen molar-refractivity contribution in [3.8, 4) is 0 Å². The molecule has 1 aromatic carbocycles. The monoisotopic (exact) mass is 217 g/mol. The smallest absolute Gasteiger partial charge is 0.319 e. The first kappa shape index (κ1) is 12.0. The highest BCUT2D eigenvalue weighted by molar-refractivity contribution is 5.89. The second kappa shape index (κ2) is 6.40. The fourth-order valence-electron chi connectivity index (χ4n) is 1.13. The van der Waals surface area contributed by atoms with E-state index in [4.69, 9.17) is 0 Å². The first-order valence-corrected chi connectivity index (χ1v) is 4.96. The Labute approximate surface area is 94.4 Å². The minimum Gasteiger partial charge on any atom is -0.338 e. The van der Waals surface area contributed by atoms with Crippen LogP contribution in [-0.2, 0) is 4.79 Å². The molecule has 0 heterocycles. The second-order valence-electron chi connectivity index (χ2n) is 3.06. The summed E-state index contributed by atoms with van der Waals surface area (Å²) in [6.45, 7) is 2.30. The number of nitrogens with one attached hydrogen (secondary N) is 2. The van der Waals surface area contributed by atoms with E-state index in [0.29, 0.717) is 6.54 Å². The van der Waals surface area contributed by atoms with E-state index in [2.05, 4.69) is 10.6 Å². The molecule has 0 spiro atoms. The summed E-state index contributed by atoms with van der Waals surface area (Å²) in [4.78, 5) is 21.8. The van der Waals surface area contributed by atoms with Crippen molar-refractivity contribution in [2.24, 2.45) is 0 Å². The van der Waals surface area contributed by atoms with Gasteiger partial charge >= 0.3 is 6.03 Å². The Morgan fingerprint density at radius 1 is 1.38 bits per heavy atom. The van der Waals surface area contributed by atoms with Gasteiger partial charge in [0.05, 0.1) is 5.70 Å². The molecular formula is C12H13N2O2. The molecular weight excluding hydrogens is 204 g/mol. The number of urea groups is 1. The molecule has 0 saturated carbocycles. The number of carbonyl (C=O) groups is 1. The molecule has 16 heavy (non-hydrogen) atoms. The predicted octanol–water partition coefficient (Wildman–Crippen LogP) is 1.46. The lowest BCUT2D eigenvalue weighted by Gasteiger charge is -2.04. The third-order valence-electron chi connectivity index (χ3n) is 1.81. The van der Waals surface area contributed by atoms with E-state index in [1.807, 2.05) is 30.3 Å². The average molecular weight is 217 g/mol. The van der Waals surface area contributed by atoms with Gasteiger partial charge in [-0.2, -0.15) is 0 Å². The predicted molar refractivity (Wildman–Crippen MR) is 62.3 cm³/mol. The van der Waals surface area contributed by atoms with Crippen LogP contribution in [0.1, 0.15) is 12.5 Å². The van der Waals surface area contributed by atoms with Crippen LogP contribution >= 0.6 is 0 Å². The topological polar surface area (TPSA) is 58.2 Å². The number of amides is 2. The van der Waals surface area contributed by atoms with Crippen LogP contribution in [0.2, 0.25) is 0 Å². The summed E-state index contributed by atoms with van der Waals surface area (Å²) in [5, 5.41) is 4.93. The lowest BCUT2D eigenvalue weighted by Crippen LogP contribution is -2.34. The van der Waals surface area contributed by atoms with Gasteiger partial charge in [0.15, 0.2) is 0 Å². The van der Waals surface area contributed by atoms with Gasteiger partial charge in [-0.15, -0.1) is 0 Å². The van der Waals surface area contributed by atoms with E-state index in [9.17, 15) is 9.59 Å². The van der Waals surface area contributed by atoms with Gasteiger partial charge in [-0.3, -0.25) is 4.79 Å². The van der Waals surface area contributed by atoms with Crippen molar-refractivity contribution in [2.75, 3.05) is 6.54 Å². The second-order valence-corrected chi connectivity index (χ2v) is 3.06. The van der Waals surface area contributed by atoms with Crippen LogP contribution in [0.4, 0.5) is 4.79 Å². The zero-order chi connectivity index (χ0) is 11.8. The van der Waals surface area contributed by atoms with E-state index in [1.165, 1.54) is 0 Å². The first-order chi connectivity index (χ1) is 7.76. The zero-order valence-electron chi connectivity index (χ0n) is 8.99. The molecule has 0 aliphatic heterocycles. The molecule has 2 N–H and O–H groups in total. The number of allylic oxidation sites excluding steroid dienone is 1. The maximum absolute atomic E-state index is 11.2. The van der Waals surface area contributed by atoms with Gasteiger partial charge in [-0.1, -0.05) is 30.3 Å². The molecule has 4 heteroatoms. The van der Waals surface area contributed by atoms with Crippen molar-refractivity contribution in [2.45, 2.75) is 6.92 Å². The summed E-state index contributed by atoms with van der Waals surface area (Å²) in [6.07, 6.45) is 3.24. The van der Waals surface area contributed by atoms with Gasteiger partial charge < -0.3 is 10.6 Å². The van der Waals surface area contributed by atoms with Crippen molar-refractivity contribution >= 4 is 18.4 Å². The third-order valence-corrected chi connectivity index (χ3v) is 1.81. The quantitative estimate of drug-likeness (QED) is 0.750. The van der Waals surface area contributed by atoms with Crippen molar-refractivity contribution in [3.63, 3.8) is 0 Å². The largest absolute Gasteiger partial charge is 0.338 e. The summed E-state index contributed by atoms with van der Waals surface area (Å²) < 4.78 is 0. The standard InChI is InChI=1S/C12H13N2O2/c1-2-13-12(16)14-11(9-15)8-10-6-4-3-5-7-10/h3-8H,2H2,1H3,(H2,13,14,16). The summed E-state index contributed by atoms with van der Waals surface area (Å²) in [5.41, 5.74) is 0.940. The van der Waals surface area contributed by atoms with E-state index in [1.54, 1.807) is 19.3 Å². The van der Waals surface area contributed by atoms with Crippen LogP contribution in [0.5, 0.6) is 0 Å². The summed E-state index contributed by atoms with van der Waals surface area (Å²) in [5.74, 6) is 0. The highest BCUT2D eigenvalue weighted by Gasteiger charge is 2.02. The number of rotatable bonds is 4. The Balaban J connectivity index is 2.71. The maximum Gasteiger partial charge on any atom is 0.319 e. The summed E-state index contributed by atoms with van der Waals surface area (Å²) >= 11 is 0. The fourth-order valence-corrected chi connectivity index (χ4v) is 1.13. The van der Waals surface area contributed by atoms with Crippen LogP contribution in [-0.4, -0.2) is 18.9 Å². The Bertz CT molecular complexity index is 385. The van der Waals surface area contributed by atoms with Crippen molar-refractivity contribution in [1.82, 2.24) is 10.6 Å². The Kier molecular flexibility index (Phi) is 4.79. The van der Waals surface area contributed by atoms with E-state index >= 15 is 0 Å². The van der Waals surface area contributed by atoms with Gasteiger partial charge in [0.25, 0.3) is 6.29 Å². The molecule has 1 rings (SSSR count). The average Bonchev–Trinajstić information content (AvgIpc) is 2.30. The molecule has 1 aromatic rings. The third kappa shape index (κ3) is 3.96. The highest BCUT2D eigenvalue weighted by Crippen LogP contribution is 2.03. The van der Waals surface area contributed by atoms with Crippen molar-refractivity contribution < 1.29 is 9.59 Å². The molecule has 83 valence electrons. The highest BCUT2D eigenvalue weighted by atomic mass is 16.2. The summed E-state index contributed by atoms with van der Waals surface area (Å²) in [6, 6.07) is 8.82. The molecule has 4 nitrogen and oxygen atoms in total. The lowest BCUT2D eigenvalue weighted by atomic mass is 10.2. The summed E-state index contributed by atoms with van der Waals surface area (Å²) in [7, 11) is 0. The van der Waals surface area contributed by atoms with E-state index in [-0.39, 0.29) is 5.70 Å².